The van der Waals surface area contributed by atoms with E-state index in [9.17, 15) is 0 Å². The highest BCUT2D eigenvalue weighted by molar-refractivity contribution is 7.99. The van der Waals surface area contributed by atoms with Crippen LogP contribution in [-0.2, 0) is 6.54 Å². The topological polar surface area (TPSA) is 12.0 Å². The zero-order valence-corrected chi connectivity index (χ0v) is 12.1. The quantitative estimate of drug-likeness (QED) is 0.545. The molecule has 1 nitrogen and oxygen atoms in total. The first-order chi connectivity index (χ1) is 8.22. The fraction of sp³-hybridized carbons (Fsp3) is 0.600. The number of thioether (sulfide) groups is 1. The molecule has 0 aliphatic rings. The predicted molar refractivity (Wildman–Crippen MR) is 78.6 cm³/mol. The molecule has 0 aromatic heterocycles. The Hall–Kier alpha value is -0.470. The van der Waals surface area contributed by atoms with E-state index in [4.69, 9.17) is 0 Å². The van der Waals surface area contributed by atoms with Crippen LogP contribution in [0.1, 0.15) is 39.2 Å². The zero-order valence-electron chi connectivity index (χ0n) is 11.3. The summed E-state index contributed by atoms with van der Waals surface area (Å²) in [6.07, 6.45) is 2.66. The maximum Gasteiger partial charge on any atom is 0.0205 e. The fourth-order valence-corrected chi connectivity index (χ4v) is 2.65. The lowest BCUT2D eigenvalue weighted by atomic mass is 10.1. The Balaban J connectivity index is 2.32. The van der Waals surface area contributed by atoms with E-state index in [0.717, 1.165) is 19.0 Å². The van der Waals surface area contributed by atoms with Gasteiger partial charge in [-0.1, -0.05) is 39.3 Å². The van der Waals surface area contributed by atoms with Gasteiger partial charge in [0.05, 0.1) is 0 Å². The maximum atomic E-state index is 3.36. The van der Waals surface area contributed by atoms with Crippen LogP contribution in [0.4, 0.5) is 0 Å². The van der Waals surface area contributed by atoms with Crippen molar-refractivity contribution in [1.29, 1.82) is 0 Å². The summed E-state index contributed by atoms with van der Waals surface area (Å²) in [5.74, 6) is 2.07. The van der Waals surface area contributed by atoms with Crippen molar-refractivity contribution in [3.8, 4) is 0 Å². The second-order valence-corrected chi connectivity index (χ2v) is 5.98. The van der Waals surface area contributed by atoms with Crippen LogP contribution in [0.25, 0.3) is 0 Å². The molecule has 0 aliphatic heterocycles. The highest BCUT2D eigenvalue weighted by Crippen LogP contribution is 2.21. The van der Waals surface area contributed by atoms with E-state index in [2.05, 4.69) is 50.4 Å². The molecular formula is C15H25NS. The Morgan fingerprint density at radius 1 is 1.29 bits per heavy atom. The lowest BCUT2D eigenvalue weighted by molar-refractivity contribution is 0.579. The molecule has 0 heterocycles. The molecule has 0 spiro atoms. The first-order valence-electron chi connectivity index (χ1n) is 6.64. The summed E-state index contributed by atoms with van der Waals surface area (Å²) in [4.78, 5) is 1.41. The maximum absolute atomic E-state index is 3.36. The van der Waals surface area contributed by atoms with Gasteiger partial charge in [0, 0.05) is 11.4 Å². The SMILES string of the molecule is CCNCc1cccc(SCCCC(C)C)c1. The summed E-state index contributed by atoms with van der Waals surface area (Å²) in [5.41, 5.74) is 1.39. The van der Waals surface area contributed by atoms with Crippen LogP contribution in [-0.4, -0.2) is 12.3 Å². The molecule has 1 rings (SSSR count). The summed E-state index contributed by atoms with van der Waals surface area (Å²) in [7, 11) is 0. The third-order valence-electron chi connectivity index (χ3n) is 2.67. The number of hydrogen-bond donors (Lipinski definition) is 1. The van der Waals surface area contributed by atoms with Crippen LogP contribution < -0.4 is 5.32 Å². The molecule has 0 amide bonds. The predicted octanol–water partition coefficient (Wildman–Crippen LogP) is 4.32. The monoisotopic (exact) mass is 251 g/mol. The lowest BCUT2D eigenvalue weighted by Crippen LogP contribution is -2.11. The van der Waals surface area contributed by atoms with Gasteiger partial charge in [0.2, 0.25) is 0 Å². The molecule has 1 aromatic rings. The summed E-state index contributed by atoms with van der Waals surface area (Å²) in [6, 6.07) is 8.89. The van der Waals surface area contributed by atoms with Crippen molar-refractivity contribution in [3.63, 3.8) is 0 Å². The van der Waals surface area contributed by atoms with Crippen LogP contribution in [0.3, 0.4) is 0 Å². The Kier molecular flexibility index (Phi) is 7.38. The van der Waals surface area contributed by atoms with Crippen LogP contribution in [0.15, 0.2) is 29.2 Å². The molecule has 96 valence electrons. The molecule has 2 heteroatoms. The standard InChI is InChI=1S/C15H25NS/c1-4-16-12-14-8-5-9-15(11-14)17-10-6-7-13(2)3/h5,8-9,11,13,16H,4,6-7,10,12H2,1-3H3. The van der Waals surface area contributed by atoms with Crippen LogP contribution in [0.2, 0.25) is 0 Å². The molecule has 0 radical (unpaired) electrons. The normalized spacial score (nSPS) is 11.1. The fourth-order valence-electron chi connectivity index (χ4n) is 1.70. The van der Waals surface area contributed by atoms with Crippen molar-refractivity contribution in [1.82, 2.24) is 5.32 Å². The van der Waals surface area contributed by atoms with Gasteiger partial charge in [-0.25, -0.2) is 0 Å². The van der Waals surface area contributed by atoms with Gasteiger partial charge in [0.1, 0.15) is 0 Å². The molecule has 0 bridgehead atoms. The molecule has 0 saturated heterocycles. The molecule has 0 saturated carbocycles. The second-order valence-electron chi connectivity index (χ2n) is 4.81. The minimum Gasteiger partial charge on any atom is -0.313 e. The Bertz CT molecular complexity index is 310. The lowest BCUT2D eigenvalue weighted by Gasteiger charge is -2.07. The third kappa shape index (κ3) is 6.75. The summed E-state index contributed by atoms with van der Waals surface area (Å²) in [5, 5.41) is 3.36. The molecule has 1 aromatic carbocycles. The van der Waals surface area contributed by atoms with E-state index in [1.807, 2.05) is 11.8 Å². The van der Waals surface area contributed by atoms with Crippen molar-refractivity contribution in [2.24, 2.45) is 5.92 Å². The van der Waals surface area contributed by atoms with Crippen LogP contribution >= 0.6 is 11.8 Å². The number of benzene rings is 1. The van der Waals surface area contributed by atoms with E-state index in [1.54, 1.807) is 0 Å². The van der Waals surface area contributed by atoms with Gasteiger partial charge in [-0.15, -0.1) is 11.8 Å². The summed E-state index contributed by atoms with van der Waals surface area (Å²) < 4.78 is 0. The molecule has 0 fully saturated rings. The largest absolute Gasteiger partial charge is 0.313 e. The Morgan fingerprint density at radius 3 is 2.82 bits per heavy atom. The van der Waals surface area contributed by atoms with Crippen molar-refractivity contribution in [2.45, 2.75) is 45.1 Å². The summed E-state index contributed by atoms with van der Waals surface area (Å²) in [6.45, 7) is 8.75. The molecule has 1 N–H and O–H groups in total. The average molecular weight is 251 g/mol. The van der Waals surface area contributed by atoms with E-state index >= 15 is 0 Å². The molecular weight excluding hydrogens is 226 g/mol. The Morgan fingerprint density at radius 2 is 2.12 bits per heavy atom. The van der Waals surface area contributed by atoms with Gasteiger partial charge in [-0.3, -0.25) is 0 Å². The van der Waals surface area contributed by atoms with E-state index in [0.29, 0.717) is 0 Å². The van der Waals surface area contributed by atoms with E-state index < -0.39 is 0 Å². The average Bonchev–Trinajstić information content (AvgIpc) is 2.32. The van der Waals surface area contributed by atoms with E-state index in [1.165, 1.54) is 29.1 Å². The Labute approximate surface area is 110 Å². The highest BCUT2D eigenvalue weighted by Gasteiger charge is 1.98. The smallest absolute Gasteiger partial charge is 0.0205 e. The van der Waals surface area contributed by atoms with Gasteiger partial charge in [-0.05, 0) is 42.3 Å². The minimum atomic E-state index is 0.829. The number of rotatable bonds is 8. The van der Waals surface area contributed by atoms with Gasteiger partial charge in [0.25, 0.3) is 0 Å². The van der Waals surface area contributed by atoms with Crippen LogP contribution in [0.5, 0.6) is 0 Å². The third-order valence-corrected chi connectivity index (χ3v) is 3.75. The van der Waals surface area contributed by atoms with Crippen molar-refractivity contribution in [2.75, 3.05) is 12.3 Å². The first kappa shape index (κ1) is 14.6. The summed E-state index contributed by atoms with van der Waals surface area (Å²) >= 11 is 1.98. The van der Waals surface area contributed by atoms with Gasteiger partial charge < -0.3 is 5.32 Å². The number of hydrogen-bond acceptors (Lipinski definition) is 2. The van der Waals surface area contributed by atoms with Crippen molar-refractivity contribution in [3.05, 3.63) is 29.8 Å². The minimum absolute atomic E-state index is 0.829. The van der Waals surface area contributed by atoms with Gasteiger partial charge >= 0.3 is 0 Å². The first-order valence-corrected chi connectivity index (χ1v) is 7.63. The second kappa shape index (κ2) is 8.60. The zero-order chi connectivity index (χ0) is 12.5. The van der Waals surface area contributed by atoms with Gasteiger partial charge in [-0.2, -0.15) is 0 Å². The van der Waals surface area contributed by atoms with Gasteiger partial charge in [0.15, 0.2) is 0 Å². The molecule has 0 aliphatic carbocycles. The highest BCUT2D eigenvalue weighted by atomic mass is 32.2. The molecule has 0 unspecified atom stereocenters. The molecule has 0 atom stereocenters. The molecule has 17 heavy (non-hydrogen) atoms. The van der Waals surface area contributed by atoms with E-state index in [-0.39, 0.29) is 0 Å². The van der Waals surface area contributed by atoms with Crippen LogP contribution in [0, 0.1) is 5.92 Å². The number of nitrogens with one attached hydrogen (secondary N) is 1. The van der Waals surface area contributed by atoms with Crippen molar-refractivity contribution >= 4 is 11.8 Å². The van der Waals surface area contributed by atoms with Crippen molar-refractivity contribution < 1.29 is 0 Å².